The van der Waals surface area contributed by atoms with Gasteiger partial charge in [-0.1, -0.05) is 0 Å². The molecule has 1 heterocycles. The number of carboxylic acid groups (broad SMARTS) is 1. The second kappa shape index (κ2) is 5.80. The van der Waals surface area contributed by atoms with Crippen LogP contribution >= 0.6 is 15.9 Å². The molecule has 1 aromatic rings. The maximum Gasteiger partial charge on any atom is 0.424 e. The zero-order valence-corrected chi connectivity index (χ0v) is 14.1. The topological polar surface area (TPSA) is 93.1 Å². The summed E-state index contributed by atoms with van der Waals surface area (Å²) in [5.74, 6) is -1.73. The molecule has 1 aliphatic rings. The molecule has 124 valence electrons. The van der Waals surface area contributed by atoms with E-state index in [9.17, 15) is 23.9 Å². The summed E-state index contributed by atoms with van der Waals surface area (Å²) in [6.07, 6.45) is -3.02. The van der Waals surface area contributed by atoms with Crippen molar-refractivity contribution in [3.8, 4) is 0 Å². The number of hydrogen-bond donors (Lipinski definition) is 1. The molecule has 2 rings (SSSR count). The number of imide groups is 1. The van der Waals surface area contributed by atoms with E-state index in [0.717, 1.165) is 6.07 Å². The lowest BCUT2D eigenvalue weighted by Crippen LogP contribution is -2.40. The Bertz CT molecular complexity index is 712. The number of carbonyl (C=O) groups excluding carboxylic acids is 2. The molecule has 0 spiro atoms. The number of carbonyl (C=O) groups is 3. The van der Waals surface area contributed by atoms with Gasteiger partial charge in [-0.2, -0.15) is 4.90 Å². The number of rotatable bonds is 1. The number of benzene rings is 1. The number of hydrogen-bond acceptors (Lipinski definition) is 5. The Morgan fingerprint density at radius 2 is 2.04 bits per heavy atom. The minimum Gasteiger partial charge on any atom is -0.464 e. The fraction of sp³-hybridized carbons (Fsp3) is 0.357. The highest BCUT2D eigenvalue weighted by atomic mass is 79.9. The van der Waals surface area contributed by atoms with Crippen molar-refractivity contribution in [2.45, 2.75) is 33.0 Å². The Hall–Kier alpha value is -2.16. The van der Waals surface area contributed by atoms with E-state index in [1.54, 1.807) is 0 Å². The predicted octanol–water partition coefficient (Wildman–Crippen LogP) is 3.68. The van der Waals surface area contributed by atoms with Crippen LogP contribution in [0.15, 0.2) is 10.5 Å². The Kier molecular flexibility index (Phi) is 4.34. The number of fused-ring (bicyclic) bond motifs is 1. The summed E-state index contributed by atoms with van der Waals surface area (Å²) in [7, 11) is 0. The Balaban J connectivity index is 2.55. The van der Waals surface area contributed by atoms with Gasteiger partial charge >= 0.3 is 18.2 Å². The molecule has 0 aliphatic carbocycles. The predicted molar refractivity (Wildman–Crippen MR) is 80.0 cm³/mol. The van der Waals surface area contributed by atoms with E-state index in [1.165, 1.54) is 20.8 Å². The molecule has 0 unspecified atom stereocenters. The Labute approximate surface area is 139 Å². The fourth-order valence-electron chi connectivity index (χ4n) is 1.94. The molecule has 23 heavy (non-hydrogen) atoms. The molecule has 1 aromatic carbocycles. The standard InChI is InChI=1S/C14H13BrFNO6/c1-14(2,3)23-13(21)17(12(19)20)8-4-6-7(5-22-11(6)18)9(15)10(8)16/h4H,5H2,1-3H3,(H,19,20). The van der Waals surface area contributed by atoms with Gasteiger partial charge in [0.2, 0.25) is 0 Å². The van der Waals surface area contributed by atoms with Crippen LogP contribution in [0.1, 0.15) is 36.7 Å². The van der Waals surface area contributed by atoms with Gasteiger partial charge in [0.1, 0.15) is 12.2 Å². The quantitative estimate of drug-likeness (QED) is 0.736. The van der Waals surface area contributed by atoms with Gasteiger partial charge in [-0.25, -0.2) is 18.8 Å². The number of anilines is 1. The average Bonchev–Trinajstić information content (AvgIpc) is 2.75. The molecular weight excluding hydrogens is 377 g/mol. The molecule has 0 atom stereocenters. The van der Waals surface area contributed by atoms with Gasteiger partial charge in [-0.05, 0) is 42.8 Å². The molecule has 7 nitrogen and oxygen atoms in total. The van der Waals surface area contributed by atoms with Crippen molar-refractivity contribution in [1.82, 2.24) is 0 Å². The molecule has 0 saturated carbocycles. The van der Waals surface area contributed by atoms with Crippen LogP contribution < -0.4 is 4.90 Å². The molecule has 0 radical (unpaired) electrons. The van der Waals surface area contributed by atoms with Gasteiger partial charge in [0, 0.05) is 5.56 Å². The SMILES string of the molecule is CC(C)(C)OC(=O)N(C(=O)O)c1cc2c(c(Br)c1F)COC2=O. The minimum atomic E-state index is -1.74. The maximum atomic E-state index is 14.5. The van der Waals surface area contributed by atoms with Crippen LogP contribution in [-0.2, 0) is 16.1 Å². The van der Waals surface area contributed by atoms with Crippen molar-refractivity contribution in [2.75, 3.05) is 4.90 Å². The van der Waals surface area contributed by atoms with Gasteiger partial charge in [0.25, 0.3) is 0 Å². The first-order chi connectivity index (χ1) is 10.5. The van der Waals surface area contributed by atoms with Crippen molar-refractivity contribution in [3.05, 3.63) is 27.5 Å². The van der Waals surface area contributed by atoms with Gasteiger partial charge < -0.3 is 14.6 Å². The highest BCUT2D eigenvalue weighted by Crippen LogP contribution is 2.36. The number of amides is 2. The summed E-state index contributed by atoms with van der Waals surface area (Å²) in [6.45, 7) is 4.48. The lowest BCUT2D eigenvalue weighted by molar-refractivity contribution is 0.0531. The second-order valence-electron chi connectivity index (χ2n) is 5.72. The highest BCUT2D eigenvalue weighted by molar-refractivity contribution is 9.10. The Morgan fingerprint density at radius 3 is 2.57 bits per heavy atom. The summed E-state index contributed by atoms with van der Waals surface area (Å²) < 4.78 is 24.1. The van der Waals surface area contributed by atoms with E-state index < -0.39 is 35.3 Å². The van der Waals surface area contributed by atoms with Crippen LogP contribution in [0.2, 0.25) is 0 Å². The van der Waals surface area contributed by atoms with Gasteiger partial charge in [-0.3, -0.25) is 0 Å². The third-order valence-electron chi connectivity index (χ3n) is 2.86. The van der Waals surface area contributed by atoms with E-state index in [0.29, 0.717) is 0 Å². The van der Waals surface area contributed by atoms with Crippen LogP contribution in [-0.4, -0.2) is 28.9 Å². The first-order valence-corrected chi connectivity index (χ1v) is 7.26. The fourth-order valence-corrected chi connectivity index (χ4v) is 2.47. The Morgan fingerprint density at radius 1 is 1.43 bits per heavy atom. The lowest BCUT2D eigenvalue weighted by atomic mass is 10.1. The number of cyclic esters (lactones) is 1. The summed E-state index contributed by atoms with van der Waals surface area (Å²) in [6, 6.07) is 0.961. The molecule has 1 N–H and O–H groups in total. The molecule has 0 aromatic heterocycles. The summed E-state index contributed by atoms with van der Waals surface area (Å²) >= 11 is 2.96. The van der Waals surface area contributed by atoms with E-state index in [4.69, 9.17) is 9.47 Å². The first-order valence-electron chi connectivity index (χ1n) is 6.47. The first kappa shape index (κ1) is 17.2. The third-order valence-corrected chi connectivity index (χ3v) is 3.69. The van der Waals surface area contributed by atoms with Gasteiger partial charge in [0.05, 0.1) is 15.7 Å². The minimum absolute atomic E-state index is 0.0110. The highest BCUT2D eigenvalue weighted by Gasteiger charge is 2.35. The number of ether oxygens (including phenoxy) is 2. The summed E-state index contributed by atoms with van der Waals surface area (Å²) in [4.78, 5) is 35.2. The molecule has 0 bridgehead atoms. The molecule has 1 aliphatic heterocycles. The molecule has 9 heteroatoms. The van der Waals surface area contributed by atoms with Crippen LogP contribution in [0.25, 0.3) is 0 Å². The zero-order chi connectivity index (χ0) is 17.5. The van der Waals surface area contributed by atoms with Crippen LogP contribution in [0.3, 0.4) is 0 Å². The molecule has 2 amide bonds. The van der Waals surface area contributed by atoms with E-state index >= 15 is 0 Å². The monoisotopic (exact) mass is 389 g/mol. The van der Waals surface area contributed by atoms with Crippen molar-refractivity contribution in [2.24, 2.45) is 0 Å². The molecular formula is C14H13BrFNO6. The van der Waals surface area contributed by atoms with Crippen molar-refractivity contribution in [3.63, 3.8) is 0 Å². The van der Waals surface area contributed by atoms with Crippen LogP contribution in [0.4, 0.5) is 19.7 Å². The summed E-state index contributed by atoms with van der Waals surface area (Å²) in [5.41, 5.74) is -1.35. The van der Waals surface area contributed by atoms with E-state index in [-0.39, 0.29) is 27.1 Å². The molecule has 0 fully saturated rings. The summed E-state index contributed by atoms with van der Waals surface area (Å²) in [5, 5.41) is 9.25. The second-order valence-corrected chi connectivity index (χ2v) is 6.52. The number of esters is 1. The normalized spacial score (nSPS) is 13.3. The van der Waals surface area contributed by atoms with Crippen molar-refractivity contribution in [1.29, 1.82) is 0 Å². The van der Waals surface area contributed by atoms with Crippen LogP contribution in [0, 0.1) is 5.82 Å². The lowest BCUT2D eigenvalue weighted by Gasteiger charge is -2.25. The molecule has 0 saturated heterocycles. The number of nitrogens with zero attached hydrogens (tertiary/aromatic N) is 1. The van der Waals surface area contributed by atoms with Crippen LogP contribution in [0.5, 0.6) is 0 Å². The maximum absolute atomic E-state index is 14.5. The number of halogens is 2. The van der Waals surface area contributed by atoms with Crippen molar-refractivity contribution < 1.29 is 33.4 Å². The van der Waals surface area contributed by atoms with Gasteiger partial charge in [-0.15, -0.1) is 0 Å². The average molecular weight is 390 g/mol. The van der Waals surface area contributed by atoms with E-state index in [2.05, 4.69) is 15.9 Å². The zero-order valence-electron chi connectivity index (χ0n) is 12.5. The van der Waals surface area contributed by atoms with Crippen molar-refractivity contribution >= 4 is 39.8 Å². The smallest absolute Gasteiger partial charge is 0.424 e. The largest absolute Gasteiger partial charge is 0.464 e. The van der Waals surface area contributed by atoms with Gasteiger partial charge in [0.15, 0.2) is 5.82 Å². The third kappa shape index (κ3) is 3.29. The van der Waals surface area contributed by atoms with E-state index in [1.807, 2.05) is 0 Å².